The highest BCUT2D eigenvalue weighted by Crippen LogP contribution is 2.30. The van der Waals surface area contributed by atoms with Crippen LogP contribution in [0.15, 0.2) is 24.3 Å². The lowest BCUT2D eigenvalue weighted by molar-refractivity contribution is -0.135. The van der Waals surface area contributed by atoms with Gasteiger partial charge in [-0.1, -0.05) is 31.2 Å². The van der Waals surface area contributed by atoms with Crippen molar-refractivity contribution >= 4 is 5.91 Å². The fourth-order valence-corrected chi connectivity index (χ4v) is 3.16. The van der Waals surface area contributed by atoms with Gasteiger partial charge in [0, 0.05) is 20.1 Å². The number of carbonyl (C=O) groups is 1. The minimum atomic E-state index is -0.0811. The fourth-order valence-electron chi connectivity index (χ4n) is 3.16. The van der Waals surface area contributed by atoms with Gasteiger partial charge in [-0.2, -0.15) is 0 Å². The second kappa shape index (κ2) is 6.80. The van der Waals surface area contributed by atoms with Gasteiger partial charge in [-0.25, -0.2) is 0 Å². The molecule has 0 aromatic heterocycles. The predicted molar refractivity (Wildman–Crippen MR) is 90.5 cm³/mol. The molecule has 2 unspecified atom stereocenters. The fraction of sp³-hybridized carbons (Fsp3) is 0.611. The van der Waals surface area contributed by atoms with E-state index in [1.165, 1.54) is 11.1 Å². The number of hydrogen-bond acceptors (Lipinski definition) is 3. The molecule has 1 aliphatic rings. The van der Waals surface area contributed by atoms with E-state index < -0.39 is 0 Å². The molecule has 0 radical (unpaired) electrons. The Morgan fingerprint density at radius 2 is 2.14 bits per heavy atom. The summed E-state index contributed by atoms with van der Waals surface area (Å²) < 4.78 is 0. The predicted octanol–water partition coefficient (Wildman–Crippen LogP) is 2.01. The number of likely N-dealkylation sites (tertiary alicyclic amines) is 1. The number of benzene rings is 1. The molecule has 1 saturated heterocycles. The Hall–Kier alpha value is -1.39. The molecular weight excluding hydrogens is 274 g/mol. The maximum Gasteiger partial charge on any atom is 0.239 e. The van der Waals surface area contributed by atoms with Crippen LogP contribution in [0.2, 0.25) is 0 Å². The molecule has 1 amide bonds. The summed E-state index contributed by atoms with van der Waals surface area (Å²) in [5, 5.41) is 0. The zero-order valence-corrected chi connectivity index (χ0v) is 14.3. The van der Waals surface area contributed by atoms with Crippen molar-refractivity contribution in [3.05, 3.63) is 35.4 Å². The molecule has 0 spiro atoms. The molecule has 0 bridgehead atoms. The molecule has 122 valence electrons. The van der Waals surface area contributed by atoms with Crippen LogP contribution in [0.5, 0.6) is 0 Å². The molecular formula is C18H29N3O. The molecule has 4 nitrogen and oxygen atoms in total. The second-order valence-electron chi connectivity index (χ2n) is 7.03. The van der Waals surface area contributed by atoms with Crippen LogP contribution in [0.4, 0.5) is 0 Å². The van der Waals surface area contributed by atoms with Crippen LogP contribution < -0.4 is 5.73 Å². The number of carbonyl (C=O) groups excluding carboxylic acids is 1. The maximum atomic E-state index is 12.7. The molecule has 1 heterocycles. The van der Waals surface area contributed by atoms with Crippen molar-refractivity contribution in [2.75, 3.05) is 26.7 Å². The molecule has 2 rings (SSSR count). The van der Waals surface area contributed by atoms with Crippen LogP contribution in [-0.2, 0) is 11.3 Å². The monoisotopic (exact) mass is 303 g/mol. The lowest BCUT2D eigenvalue weighted by Crippen LogP contribution is -2.45. The number of nitrogens with zero attached hydrogens (tertiary/aromatic N) is 2. The van der Waals surface area contributed by atoms with Gasteiger partial charge in [0.05, 0.1) is 6.04 Å². The van der Waals surface area contributed by atoms with E-state index in [0.29, 0.717) is 13.1 Å². The van der Waals surface area contributed by atoms with Crippen LogP contribution in [0.1, 0.15) is 31.4 Å². The zero-order valence-electron chi connectivity index (χ0n) is 14.3. The molecule has 1 fully saturated rings. The zero-order chi connectivity index (χ0) is 16.3. The first-order chi connectivity index (χ1) is 10.4. The lowest BCUT2D eigenvalue weighted by atomic mass is 9.90. The third kappa shape index (κ3) is 3.68. The quantitative estimate of drug-likeness (QED) is 0.905. The van der Waals surface area contributed by atoms with E-state index in [2.05, 4.69) is 30.9 Å². The highest BCUT2D eigenvalue weighted by atomic mass is 16.2. The molecule has 4 heteroatoms. The molecule has 22 heavy (non-hydrogen) atoms. The van der Waals surface area contributed by atoms with E-state index in [9.17, 15) is 4.79 Å². The number of nitrogens with two attached hydrogens (primary N) is 1. The largest absolute Gasteiger partial charge is 0.340 e. The summed E-state index contributed by atoms with van der Waals surface area (Å²) >= 11 is 0. The van der Waals surface area contributed by atoms with Gasteiger partial charge in [-0.15, -0.1) is 0 Å². The third-order valence-corrected chi connectivity index (χ3v) is 5.03. The van der Waals surface area contributed by atoms with Crippen LogP contribution in [0.3, 0.4) is 0 Å². The van der Waals surface area contributed by atoms with E-state index in [1.807, 2.05) is 31.0 Å². The van der Waals surface area contributed by atoms with Crippen LogP contribution in [-0.4, -0.2) is 48.4 Å². The van der Waals surface area contributed by atoms with Crippen molar-refractivity contribution in [3.63, 3.8) is 0 Å². The topological polar surface area (TPSA) is 49.6 Å². The third-order valence-electron chi connectivity index (χ3n) is 5.03. The maximum absolute atomic E-state index is 12.7. The average molecular weight is 303 g/mol. The van der Waals surface area contributed by atoms with Gasteiger partial charge < -0.3 is 10.6 Å². The van der Waals surface area contributed by atoms with E-state index >= 15 is 0 Å². The molecule has 2 N–H and O–H groups in total. The van der Waals surface area contributed by atoms with E-state index in [1.54, 1.807) is 0 Å². The average Bonchev–Trinajstić information content (AvgIpc) is 2.91. The number of likely N-dealkylation sites (N-methyl/N-ethyl adjacent to an activating group) is 1. The molecule has 1 aromatic carbocycles. The Balaban J connectivity index is 1.97. The summed E-state index contributed by atoms with van der Waals surface area (Å²) in [5.41, 5.74) is 8.45. The van der Waals surface area contributed by atoms with Gasteiger partial charge in [0.15, 0.2) is 0 Å². The van der Waals surface area contributed by atoms with Gasteiger partial charge in [-0.3, -0.25) is 9.69 Å². The van der Waals surface area contributed by atoms with Crippen molar-refractivity contribution in [2.24, 2.45) is 11.1 Å². The van der Waals surface area contributed by atoms with Gasteiger partial charge in [0.25, 0.3) is 0 Å². The summed E-state index contributed by atoms with van der Waals surface area (Å²) in [7, 11) is 1.89. The SMILES string of the molecule is Cc1ccccc1CN(C)C(=O)C(C)N1CCC(C)(CN)C1. The Morgan fingerprint density at radius 3 is 2.73 bits per heavy atom. The van der Waals surface area contributed by atoms with Crippen molar-refractivity contribution in [2.45, 2.75) is 39.8 Å². The van der Waals surface area contributed by atoms with Crippen LogP contribution in [0, 0.1) is 12.3 Å². The van der Waals surface area contributed by atoms with Crippen molar-refractivity contribution in [1.29, 1.82) is 0 Å². The van der Waals surface area contributed by atoms with Gasteiger partial charge in [0.2, 0.25) is 5.91 Å². The first-order valence-electron chi connectivity index (χ1n) is 8.10. The Labute approximate surface area is 134 Å². The van der Waals surface area contributed by atoms with E-state index in [-0.39, 0.29) is 17.4 Å². The normalized spacial score (nSPS) is 23.5. The standard InChI is InChI=1S/C18H29N3O/c1-14-7-5-6-8-16(14)11-20(4)17(22)15(2)21-10-9-18(3,12-19)13-21/h5-8,15H,9-13,19H2,1-4H3. The lowest BCUT2D eigenvalue weighted by Gasteiger charge is -2.30. The van der Waals surface area contributed by atoms with Gasteiger partial charge >= 0.3 is 0 Å². The number of amides is 1. The summed E-state index contributed by atoms with van der Waals surface area (Å²) in [6, 6.07) is 8.15. The minimum absolute atomic E-state index is 0.0811. The van der Waals surface area contributed by atoms with Gasteiger partial charge in [0.1, 0.15) is 0 Å². The van der Waals surface area contributed by atoms with E-state index in [4.69, 9.17) is 5.73 Å². The first-order valence-corrected chi connectivity index (χ1v) is 8.10. The molecule has 1 aliphatic heterocycles. The summed E-state index contributed by atoms with van der Waals surface area (Å²) in [5.74, 6) is 0.185. The number of rotatable bonds is 5. The summed E-state index contributed by atoms with van der Waals surface area (Å²) in [6.45, 7) is 9.53. The van der Waals surface area contributed by atoms with Crippen LogP contribution >= 0.6 is 0 Å². The minimum Gasteiger partial charge on any atom is -0.340 e. The summed E-state index contributed by atoms with van der Waals surface area (Å²) in [6.07, 6.45) is 1.07. The smallest absolute Gasteiger partial charge is 0.239 e. The Bertz CT molecular complexity index is 531. The summed E-state index contributed by atoms with van der Waals surface area (Å²) in [4.78, 5) is 16.8. The van der Waals surface area contributed by atoms with E-state index in [0.717, 1.165) is 19.5 Å². The Kier molecular flexibility index (Phi) is 5.24. The molecule has 0 saturated carbocycles. The number of aryl methyl sites for hydroxylation is 1. The Morgan fingerprint density at radius 1 is 1.45 bits per heavy atom. The second-order valence-corrected chi connectivity index (χ2v) is 7.03. The number of hydrogen-bond donors (Lipinski definition) is 1. The van der Waals surface area contributed by atoms with Crippen LogP contribution in [0.25, 0.3) is 0 Å². The van der Waals surface area contributed by atoms with Crippen molar-refractivity contribution < 1.29 is 4.79 Å². The van der Waals surface area contributed by atoms with Gasteiger partial charge in [-0.05, 0) is 49.9 Å². The molecule has 1 aromatic rings. The first kappa shape index (κ1) is 17.0. The highest BCUT2D eigenvalue weighted by molar-refractivity contribution is 5.81. The van der Waals surface area contributed by atoms with Crippen molar-refractivity contribution in [3.8, 4) is 0 Å². The molecule has 2 atom stereocenters. The van der Waals surface area contributed by atoms with Crippen molar-refractivity contribution in [1.82, 2.24) is 9.80 Å². The highest BCUT2D eigenvalue weighted by Gasteiger charge is 2.37. The molecule has 0 aliphatic carbocycles.